The Morgan fingerprint density at radius 3 is 2.63 bits per heavy atom. The number of nitrogens with zero attached hydrogens (tertiary/aromatic N) is 4. The smallest absolute Gasteiger partial charge is 0.322 e. The molecule has 0 fully saturated rings. The fraction of sp³-hybridized carbons (Fsp3) is 0.308. The Balaban J connectivity index is 2.40. The Kier molecular flexibility index (Phi) is 4.12. The maximum Gasteiger partial charge on any atom is 0.322 e. The van der Waals surface area contributed by atoms with Crippen molar-refractivity contribution in [2.45, 2.75) is 13.5 Å². The van der Waals surface area contributed by atoms with E-state index in [2.05, 4.69) is 15.0 Å². The van der Waals surface area contributed by atoms with Crippen LogP contribution in [-0.2, 0) is 6.54 Å². The van der Waals surface area contributed by atoms with Gasteiger partial charge in [0.2, 0.25) is 11.6 Å². The van der Waals surface area contributed by atoms with Crippen LogP contribution in [0.15, 0.2) is 35.3 Å². The van der Waals surface area contributed by atoms with Gasteiger partial charge in [-0.25, -0.2) is 0 Å². The lowest BCUT2D eigenvalue weighted by molar-refractivity contribution is 0.308. The molecule has 2 aromatic rings. The van der Waals surface area contributed by atoms with Crippen LogP contribution in [0, 0.1) is 0 Å². The minimum atomic E-state index is 0.255. The third-order valence-electron chi connectivity index (χ3n) is 2.58. The van der Waals surface area contributed by atoms with Gasteiger partial charge in [-0.2, -0.15) is 9.97 Å². The van der Waals surface area contributed by atoms with Crippen molar-refractivity contribution in [3.05, 3.63) is 41.5 Å². The molecule has 6 nitrogen and oxygen atoms in total. The Morgan fingerprint density at radius 2 is 2.00 bits per heavy atom. The molecule has 2 N–H and O–H groups in total. The highest BCUT2D eigenvalue weighted by molar-refractivity contribution is 5.22. The average Bonchev–Trinajstić information content (AvgIpc) is 2.43. The van der Waals surface area contributed by atoms with Crippen molar-refractivity contribution in [2.75, 3.05) is 19.4 Å². The number of anilines is 1. The normalized spacial score (nSPS) is 11.6. The van der Waals surface area contributed by atoms with Crippen molar-refractivity contribution in [3.63, 3.8) is 0 Å². The van der Waals surface area contributed by atoms with Crippen LogP contribution in [0.1, 0.15) is 12.5 Å². The number of rotatable bonds is 4. The number of benzene rings is 1. The number of nitrogens with two attached hydrogens (primary N) is 1. The molecule has 0 saturated heterocycles. The summed E-state index contributed by atoms with van der Waals surface area (Å²) in [5.74, 6) is 0.336. The predicted molar refractivity (Wildman–Crippen MR) is 72.6 cm³/mol. The number of ether oxygens (including phenoxy) is 1. The van der Waals surface area contributed by atoms with Gasteiger partial charge in [0.1, 0.15) is 0 Å². The molecule has 100 valence electrons. The lowest BCUT2D eigenvalue weighted by Gasteiger charge is -2.11. The Morgan fingerprint density at radius 1 is 1.26 bits per heavy atom. The van der Waals surface area contributed by atoms with Gasteiger partial charge in [0.05, 0.1) is 13.2 Å². The molecular weight excluding hydrogens is 242 g/mol. The van der Waals surface area contributed by atoms with Crippen molar-refractivity contribution in [3.8, 4) is 6.01 Å². The molecule has 0 atom stereocenters. The highest BCUT2D eigenvalue weighted by Gasteiger charge is 2.07. The molecule has 0 spiro atoms. The summed E-state index contributed by atoms with van der Waals surface area (Å²) in [6.45, 7) is 2.93. The van der Waals surface area contributed by atoms with E-state index in [1.54, 1.807) is 11.6 Å². The zero-order valence-electron chi connectivity index (χ0n) is 11.1. The van der Waals surface area contributed by atoms with E-state index in [-0.39, 0.29) is 6.01 Å². The zero-order chi connectivity index (χ0) is 13.7. The molecule has 1 heterocycles. The van der Waals surface area contributed by atoms with Gasteiger partial charge in [-0.15, -0.1) is 0 Å². The van der Waals surface area contributed by atoms with E-state index < -0.39 is 0 Å². The topological polar surface area (TPSA) is 78.3 Å². The molecular formula is C13H17N5O. The minimum Gasteiger partial charge on any atom is -0.464 e. The fourth-order valence-electron chi connectivity index (χ4n) is 1.71. The Hall–Kier alpha value is -2.37. The van der Waals surface area contributed by atoms with Gasteiger partial charge in [-0.05, 0) is 12.5 Å². The van der Waals surface area contributed by atoms with Crippen LogP contribution < -0.4 is 16.1 Å². The maximum absolute atomic E-state index is 5.95. The highest BCUT2D eigenvalue weighted by Crippen LogP contribution is 2.06. The predicted octanol–water partition coefficient (Wildman–Crippen LogP) is 0.838. The third-order valence-corrected chi connectivity index (χ3v) is 2.58. The summed E-state index contributed by atoms with van der Waals surface area (Å²) in [7, 11) is 1.67. The number of nitrogen functional groups attached to an aromatic ring is 1. The van der Waals surface area contributed by atoms with Crippen molar-refractivity contribution in [1.82, 2.24) is 14.5 Å². The molecule has 0 aliphatic rings. The van der Waals surface area contributed by atoms with E-state index >= 15 is 0 Å². The quantitative estimate of drug-likeness (QED) is 0.882. The second-order valence-electron chi connectivity index (χ2n) is 3.89. The van der Waals surface area contributed by atoms with E-state index in [0.717, 1.165) is 5.56 Å². The average molecular weight is 259 g/mol. The first kappa shape index (κ1) is 13.1. The summed E-state index contributed by atoms with van der Waals surface area (Å²) < 4.78 is 7.01. The largest absolute Gasteiger partial charge is 0.464 e. The summed E-state index contributed by atoms with van der Waals surface area (Å²) in [6, 6.07) is 10.2. The number of hydrogen-bond donors (Lipinski definition) is 1. The third kappa shape index (κ3) is 3.09. The van der Waals surface area contributed by atoms with Gasteiger partial charge >= 0.3 is 6.01 Å². The second-order valence-corrected chi connectivity index (χ2v) is 3.89. The fourth-order valence-corrected chi connectivity index (χ4v) is 1.71. The zero-order valence-corrected chi connectivity index (χ0v) is 11.1. The van der Waals surface area contributed by atoms with Crippen LogP contribution in [0.4, 0.5) is 5.95 Å². The van der Waals surface area contributed by atoms with E-state index in [9.17, 15) is 0 Å². The molecule has 1 aromatic heterocycles. The van der Waals surface area contributed by atoms with Gasteiger partial charge in [-0.1, -0.05) is 30.3 Å². The van der Waals surface area contributed by atoms with Crippen molar-refractivity contribution in [2.24, 2.45) is 4.99 Å². The summed E-state index contributed by atoms with van der Waals surface area (Å²) in [6.07, 6.45) is 0. The molecule has 2 rings (SSSR count). The van der Waals surface area contributed by atoms with Gasteiger partial charge in [-0.3, -0.25) is 9.56 Å². The van der Waals surface area contributed by atoms with Gasteiger partial charge < -0.3 is 10.5 Å². The van der Waals surface area contributed by atoms with Crippen LogP contribution in [0.3, 0.4) is 0 Å². The lowest BCUT2D eigenvalue weighted by atomic mass is 10.2. The van der Waals surface area contributed by atoms with Crippen LogP contribution in [0.25, 0.3) is 0 Å². The van der Waals surface area contributed by atoms with E-state index in [0.29, 0.717) is 24.7 Å². The summed E-state index contributed by atoms with van der Waals surface area (Å²) in [4.78, 5) is 12.5. The van der Waals surface area contributed by atoms with Crippen molar-refractivity contribution >= 4 is 5.95 Å². The molecule has 0 amide bonds. The first-order valence-electron chi connectivity index (χ1n) is 6.08. The standard InChI is InChI=1S/C13H17N5O/c1-3-19-13-16-11(14)18(12(15-2)17-13)9-10-7-5-4-6-8-10/h4-8H,3,9H2,1-2H3,(H2,14,15,16,17). The molecule has 0 aliphatic carbocycles. The van der Waals surface area contributed by atoms with Crippen LogP contribution >= 0.6 is 0 Å². The van der Waals surface area contributed by atoms with Gasteiger partial charge in [0.25, 0.3) is 0 Å². The van der Waals surface area contributed by atoms with Crippen LogP contribution in [-0.4, -0.2) is 28.2 Å². The Labute approximate surface area is 111 Å². The maximum atomic E-state index is 5.95. The molecule has 1 aromatic carbocycles. The van der Waals surface area contributed by atoms with Crippen molar-refractivity contribution < 1.29 is 4.74 Å². The van der Waals surface area contributed by atoms with Crippen LogP contribution in [0.5, 0.6) is 6.01 Å². The first-order valence-corrected chi connectivity index (χ1v) is 6.08. The van der Waals surface area contributed by atoms with E-state index in [4.69, 9.17) is 10.5 Å². The summed E-state index contributed by atoms with van der Waals surface area (Å²) in [5.41, 5.74) is 7.56. The monoisotopic (exact) mass is 259 g/mol. The SMILES string of the molecule is CCOc1nc(N)n(Cc2ccccc2)c(=NC)n1. The molecule has 6 heteroatoms. The molecule has 0 radical (unpaired) electrons. The Bertz CT molecular complexity index is 606. The molecule has 0 aliphatic heterocycles. The van der Waals surface area contributed by atoms with Crippen LogP contribution in [0.2, 0.25) is 0 Å². The lowest BCUT2D eigenvalue weighted by Crippen LogP contribution is -2.29. The second kappa shape index (κ2) is 5.99. The van der Waals surface area contributed by atoms with E-state index in [1.807, 2.05) is 37.3 Å². The number of aromatic nitrogens is 3. The van der Waals surface area contributed by atoms with E-state index in [1.165, 1.54) is 0 Å². The molecule has 0 saturated carbocycles. The molecule has 19 heavy (non-hydrogen) atoms. The molecule has 0 bridgehead atoms. The van der Waals surface area contributed by atoms with Gasteiger partial charge in [0.15, 0.2) is 0 Å². The van der Waals surface area contributed by atoms with Crippen molar-refractivity contribution in [1.29, 1.82) is 0 Å². The minimum absolute atomic E-state index is 0.255. The summed E-state index contributed by atoms with van der Waals surface area (Å²) in [5, 5.41) is 0. The first-order chi connectivity index (χ1) is 9.24. The highest BCUT2D eigenvalue weighted by atomic mass is 16.5. The summed E-state index contributed by atoms with van der Waals surface area (Å²) >= 11 is 0. The molecule has 0 unspecified atom stereocenters. The van der Waals surface area contributed by atoms with Gasteiger partial charge in [0, 0.05) is 7.05 Å². The number of hydrogen-bond acceptors (Lipinski definition) is 5.